The highest BCUT2D eigenvalue weighted by atomic mass is 16.2. The molecule has 2 fully saturated rings. The molecule has 8 heteroatoms. The number of carbonyl (C=O) groups excluding carboxylic acids is 2. The molecule has 8 nitrogen and oxygen atoms in total. The molecule has 2 atom stereocenters. The van der Waals surface area contributed by atoms with Gasteiger partial charge in [0.15, 0.2) is 6.17 Å². The second-order valence-electron chi connectivity index (χ2n) is 6.67. The Morgan fingerprint density at radius 1 is 0.870 bits per heavy atom. The monoisotopic (exact) mass is 326 g/mol. The predicted octanol–water partition coefficient (Wildman–Crippen LogP) is -2.20. The number of piperazine rings is 2. The minimum Gasteiger partial charge on any atom is -0.367 e. The van der Waals surface area contributed by atoms with Crippen LogP contribution >= 0.6 is 0 Å². The highest BCUT2D eigenvalue weighted by molar-refractivity contribution is 5.88. The van der Waals surface area contributed by atoms with Crippen LogP contribution < -0.4 is 11.1 Å². The molecule has 2 amide bonds. The summed E-state index contributed by atoms with van der Waals surface area (Å²) in [5, 5.41) is 2.85. The summed E-state index contributed by atoms with van der Waals surface area (Å²) in [7, 11) is 4.13. The van der Waals surface area contributed by atoms with Crippen molar-refractivity contribution >= 4 is 11.8 Å². The lowest BCUT2D eigenvalue weighted by Gasteiger charge is -2.39. The summed E-state index contributed by atoms with van der Waals surface area (Å²) in [6.45, 7) is 8.72. The van der Waals surface area contributed by atoms with Gasteiger partial charge in [0, 0.05) is 52.4 Å². The first-order valence-electron chi connectivity index (χ1n) is 8.33. The highest BCUT2D eigenvalue weighted by Crippen LogP contribution is 2.07. The van der Waals surface area contributed by atoms with E-state index in [1.165, 1.54) is 0 Å². The van der Waals surface area contributed by atoms with E-state index in [9.17, 15) is 9.59 Å². The Kier molecular flexibility index (Phi) is 6.34. The summed E-state index contributed by atoms with van der Waals surface area (Å²) < 4.78 is 0. The standard InChI is InChI=1S/C15H30N6O2/c1-12(20-8-4-18(2)5-9-20)15(23)17-14(13(16)22)21-10-6-19(3)7-11-21/h12,14H,4-11H2,1-3H3,(H2,16,22)(H,17,23). The fourth-order valence-electron chi connectivity index (χ4n) is 3.05. The summed E-state index contributed by atoms with van der Waals surface area (Å²) in [4.78, 5) is 32.9. The van der Waals surface area contributed by atoms with Gasteiger partial charge in [0.05, 0.1) is 6.04 Å². The summed E-state index contributed by atoms with van der Waals surface area (Å²) in [6, 6.07) is -0.252. The van der Waals surface area contributed by atoms with E-state index < -0.39 is 12.1 Å². The topological polar surface area (TPSA) is 85.1 Å². The quantitative estimate of drug-likeness (QED) is 0.596. The molecule has 3 N–H and O–H groups in total. The van der Waals surface area contributed by atoms with E-state index in [4.69, 9.17) is 5.73 Å². The van der Waals surface area contributed by atoms with Crippen molar-refractivity contribution in [1.82, 2.24) is 24.9 Å². The molecule has 2 aliphatic rings. The third-order valence-corrected chi connectivity index (χ3v) is 4.92. The first kappa shape index (κ1) is 18.1. The zero-order valence-corrected chi connectivity index (χ0v) is 14.5. The zero-order chi connectivity index (χ0) is 17.0. The second-order valence-corrected chi connectivity index (χ2v) is 6.67. The minimum atomic E-state index is -0.717. The molecule has 0 saturated carbocycles. The maximum absolute atomic E-state index is 12.5. The molecule has 0 aromatic rings. The number of nitrogens with one attached hydrogen (secondary N) is 1. The van der Waals surface area contributed by atoms with Crippen molar-refractivity contribution in [2.75, 3.05) is 66.5 Å². The molecular weight excluding hydrogens is 296 g/mol. The maximum Gasteiger partial charge on any atom is 0.255 e. The molecule has 2 aliphatic heterocycles. The van der Waals surface area contributed by atoms with Gasteiger partial charge >= 0.3 is 0 Å². The Morgan fingerprint density at radius 3 is 1.74 bits per heavy atom. The number of likely N-dealkylation sites (N-methyl/N-ethyl adjacent to an activating group) is 2. The fourth-order valence-corrected chi connectivity index (χ4v) is 3.05. The first-order valence-corrected chi connectivity index (χ1v) is 8.33. The molecule has 132 valence electrons. The van der Waals surface area contributed by atoms with Crippen LogP contribution in [-0.4, -0.2) is 110 Å². The smallest absolute Gasteiger partial charge is 0.255 e. The number of hydrogen-bond donors (Lipinski definition) is 2. The van der Waals surface area contributed by atoms with Gasteiger partial charge in [-0.3, -0.25) is 19.4 Å². The molecule has 0 aromatic heterocycles. The lowest BCUT2D eigenvalue weighted by Crippen LogP contribution is -2.62. The van der Waals surface area contributed by atoms with Crippen molar-refractivity contribution < 1.29 is 9.59 Å². The van der Waals surface area contributed by atoms with Gasteiger partial charge in [-0.05, 0) is 21.0 Å². The third kappa shape index (κ3) is 4.87. The van der Waals surface area contributed by atoms with Crippen LogP contribution in [0.4, 0.5) is 0 Å². The Morgan fingerprint density at radius 2 is 1.30 bits per heavy atom. The molecule has 0 bridgehead atoms. The average molecular weight is 326 g/mol. The van der Waals surface area contributed by atoms with Crippen molar-refractivity contribution in [1.29, 1.82) is 0 Å². The average Bonchev–Trinajstić information content (AvgIpc) is 2.53. The van der Waals surface area contributed by atoms with Crippen LogP contribution in [0.2, 0.25) is 0 Å². The Balaban J connectivity index is 1.91. The van der Waals surface area contributed by atoms with Crippen molar-refractivity contribution in [3.05, 3.63) is 0 Å². The lowest BCUT2D eigenvalue weighted by molar-refractivity contribution is -0.135. The maximum atomic E-state index is 12.5. The van der Waals surface area contributed by atoms with Crippen LogP contribution in [0, 0.1) is 0 Å². The summed E-state index contributed by atoms with van der Waals surface area (Å²) in [5.74, 6) is -0.620. The normalized spacial score (nSPS) is 25.0. The number of primary amides is 1. The SMILES string of the molecule is CC(C(=O)NC(C(N)=O)N1CCN(C)CC1)N1CCN(C)CC1. The number of carbonyl (C=O) groups is 2. The van der Waals surface area contributed by atoms with Gasteiger partial charge in [0.25, 0.3) is 5.91 Å². The largest absolute Gasteiger partial charge is 0.367 e. The van der Waals surface area contributed by atoms with Crippen molar-refractivity contribution in [3.8, 4) is 0 Å². The van der Waals surface area contributed by atoms with Gasteiger partial charge in [0.2, 0.25) is 5.91 Å². The van der Waals surface area contributed by atoms with Crippen LogP contribution in [0.15, 0.2) is 0 Å². The first-order chi connectivity index (χ1) is 10.9. The third-order valence-electron chi connectivity index (χ3n) is 4.92. The van der Waals surface area contributed by atoms with Crippen LogP contribution in [0.5, 0.6) is 0 Å². The lowest BCUT2D eigenvalue weighted by atomic mass is 10.2. The molecule has 2 unspecified atom stereocenters. The zero-order valence-electron chi connectivity index (χ0n) is 14.5. The molecule has 0 spiro atoms. The second kappa shape index (κ2) is 8.05. The highest BCUT2D eigenvalue weighted by Gasteiger charge is 2.31. The molecule has 2 heterocycles. The van der Waals surface area contributed by atoms with Crippen molar-refractivity contribution in [3.63, 3.8) is 0 Å². The van der Waals surface area contributed by atoms with Gasteiger partial charge in [-0.25, -0.2) is 0 Å². The molecule has 23 heavy (non-hydrogen) atoms. The van der Waals surface area contributed by atoms with Crippen LogP contribution in [0.3, 0.4) is 0 Å². The van der Waals surface area contributed by atoms with E-state index in [0.29, 0.717) is 0 Å². The Hall–Kier alpha value is -1.22. The van der Waals surface area contributed by atoms with Crippen LogP contribution in [0.25, 0.3) is 0 Å². The molecule has 0 aromatic carbocycles. The predicted molar refractivity (Wildman–Crippen MR) is 88.7 cm³/mol. The van der Waals surface area contributed by atoms with Gasteiger partial charge in [-0.2, -0.15) is 0 Å². The van der Waals surface area contributed by atoms with E-state index >= 15 is 0 Å². The summed E-state index contributed by atoms with van der Waals surface area (Å²) in [5.41, 5.74) is 5.52. The van der Waals surface area contributed by atoms with Gasteiger partial charge in [0.1, 0.15) is 0 Å². The number of nitrogens with zero attached hydrogens (tertiary/aromatic N) is 4. The number of rotatable bonds is 5. The van der Waals surface area contributed by atoms with Gasteiger partial charge < -0.3 is 20.9 Å². The Bertz CT molecular complexity index is 416. The van der Waals surface area contributed by atoms with Gasteiger partial charge in [-0.1, -0.05) is 0 Å². The van der Waals surface area contributed by atoms with Crippen LogP contribution in [-0.2, 0) is 9.59 Å². The fraction of sp³-hybridized carbons (Fsp3) is 0.867. The minimum absolute atomic E-state index is 0.128. The Labute approximate surface area is 138 Å². The molecule has 0 aliphatic carbocycles. The summed E-state index contributed by atoms with van der Waals surface area (Å²) >= 11 is 0. The molecular formula is C15H30N6O2. The summed E-state index contributed by atoms with van der Waals surface area (Å²) in [6.07, 6.45) is -0.717. The number of nitrogens with two attached hydrogens (primary N) is 1. The number of hydrogen-bond acceptors (Lipinski definition) is 6. The van der Waals surface area contributed by atoms with Crippen molar-refractivity contribution in [2.24, 2.45) is 5.73 Å². The molecule has 2 saturated heterocycles. The van der Waals surface area contributed by atoms with Crippen molar-refractivity contribution in [2.45, 2.75) is 19.1 Å². The van der Waals surface area contributed by atoms with Gasteiger partial charge in [-0.15, -0.1) is 0 Å². The van der Waals surface area contributed by atoms with Crippen LogP contribution in [0.1, 0.15) is 6.92 Å². The van der Waals surface area contributed by atoms with E-state index in [-0.39, 0.29) is 11.9 Å². The molecule has 0 radical (unpaired) electrons. The van der Waals surface area contributed by atoms with E-state index in [1.807, 2.05) is 18.9 Å². The van der Waals surface area contributed by atoms with E-state index in [0.717, 1.165) is 52.4 Å². The number of amides is 2. The molecule has 2 rings (SSSR count). The van der Waals surface area contributed by atoms with E-state index in [1.54, 1.807) is 0 Å². The van der Waals surface area contributed by atoms with E-state index in [2.05, 4.69) is 27.1 Å².